The third kappa shape index (κ3) is 4.71. The Morgan fingerprint density at radius 1 is 1.16 bits per heavy atom. The van der Waals surface area contributed by atoms with Gasteiger partial charge in [0.2, 0.25) is 11.8 Å². The Hall–Kier alpha value is -1.18. The third-order valence-electron chi connectivity index (χ3n) is 5.87. The lowest BCUT2D eigenvalue weighted by molar-refractivity contribution is -0.141. The van der Waals surface area contributed by atoms with Crippen molar-refractivity contribution in [2.24, 2.45) is 0 Å². The van der Waals surface area contributed by atoms with Gasteiger partial charge in [0.1, 0.15) is 0 Å². The molecule has 0 radical (unpaired) electrons. The first kappa shape index (κ1) is 18.6. The topological polar surface area (TPSA) is 65.1 Å². The van der Waals surface area contributed by atoms with Crippen LogP contribution in [0.15, 0.2) is 0 Å². The molecule has 3 fully saturated rings. The molecule has 3 rings (SSSR count). The molecule has 0 aromatic carbocycles. The maximum absolute atomic E-state index is 12.8. The van der Waals surface area contributed by atoms with E-state index in [0.29, 0.717) is 19.0 Å². The zero-order valence-electron chi connectivity index (χ0n) is 15.4. The van der Waals surface area contributed by atoms with Gasteiger partial charge in [-0.05, 0) is 12.8 Å². The average molecular weight is 352 g/mol. The first-order valence-corrected chi connectivity index (χ1v) is 9.71. The van der Waals surface area contributed by atoms with Crippen molar-refractivity contribution in [3.8, 4) is 0 Å². The van der Waals surface area contributed by atoms with E-state index in [4.69, 9.17) is 4.74 Å². The number of piperazine rings is 2. The number of methoxy groups -OCH3 is 1. The maximum Gasteiger partial charge on any atom is 0.237 e. The Balaban J connectivity index is 1.52. The summed E-state index contributed by atoms with van der Waals surface area (Å²) < 4.78 is 5.12. The van der Waals surface area contributed by atoms with Gasteiger partial charge in [0.25, 0.3) is 0 Å². The number of amides is 2. The molecule has 1 aliphatic carbocycles. The van der Waals surface area contributed by atoms with Crippen LogP contribution in [-0.4, -0.2) is 98.1 Å². The predicted molar refractivity (Wildman–Crippen MR) is 95.3 cm³/mol. The molecule has 1 atom stereocenters. The fraction of sp³-hybridized carbons (Fsp3) is 0.889. The number of carbonyl (C=O) groups excluding carboxylic acids is 2. The minimum absolute atomic E-state index is 0.0326. The van der Waals surface area contributed by atoms with Crippen molar-refractivity contribution in [2.75, 3.05) is 59.5 Å². The number of nitrogens with zero attached hydrogens (tertiary/aromatic N) is 3. The Labute approximate surface area is 150 Å². The second-order valence-corrected chi connectivity index (χ2v) is 7.40. The van der Waals surface area contributed by atoms with E-state index in [1.165, 1.54) is 12.8 Å². The van der Waals surface area contributed by atoms with E-state index in [9.17, 15) is 9.59 Å². The maximum atomic E-state index is 12.8. The van der Waals surface area contributed by atoms with E-state index < -0.39 is 0 Å². The quantitative estimate of drug-likeness (QED) is 0.724. The zero-order chi connectivity index (χ0) is 17.6. The first-order valence-electron chi connectivity index (χ1n) is 9.71. The van der Waals surface area contributed by atoms with Crippen LogP contribution in [0.2, 0.25) is 0 Å². The molecule has 2 heterocycles. The number of carbonyl (C=O) groups is 2. The Bertz CT molecular complexity index is 459. The summed E-state index contributed by atoms with van der Waals surface area (Å²) in [6.07, 6.45) is 5.13. The lowest BCUT2D eigenvalue weighted by Gasteiger charge is -2.40. The summed E-state index contributed by atoms with van der Waals surface area (Å²) >= 11 is 0. The van der Waals surface area contributed by atoms with Crippen LogP contribution < -0.4 is 5.32 Å². The highest BCUT2D eigenvalue weighted by atomic mass is 16.5. The third-order valence-corrected chi connectivity index (χ3v) is 5.87. The van der Waals surface area contributed by atoms with Crippen molar-refractivity contribution < 1.29 is 14.3 Å². The van der Waals surface area contributed by atoms with Crippen LogP contribution in [0.25, 0.3) is 0 Å². The van der Waals surface area contributed by atoms with Gasteiger partial charge in [-0.1, -0.05) is 12.8 Å². The van der Waals surface area contributed by atoms with Crippen molar-refractivity contribution in [1.82, 2.24) is 20.0 Å². The summed E-state index contributed by atoms with van der Waals surface area (Å²) in [6, 6.07) is 0.200. The molecule has 2 amide bonds. The van der Waals surface area contributed by atoms with Gasteiger partial charge in [-0.15, -0.1) is 0 Å². The zero-order valence-corrected chi connectivity index (χ0v) is 15.4. The molecular formula is C18H32N4O3. The molecule has 2 aliphatic heterocycles. The molecule has 0 bridgehead atoms. The summed E-state index contributed by atoms with van der Waals surface area (Å²) in [5.41, 5.74) is 0. The molecule has 25 heavy (non-hydrogen) atoms. The van der Waals surface area contributed by atoms with Crippen LogP contribution >= 0.6 is 0 Å². The normalized spacial score (nSPS) is 26.8. The van der Waals surface area contributed by atoms with Crippen LogP contribution in [0.3, 0.4) is 0 Å². The van der Waals surface area contributed by atoms with Crippen molar-refractivity contribution in [3.05, 3.63) is 0 Å². The number of hydrogen-bond acceptors (Lipinski definition) is 5. The highest BCUT2D eigenvalue weighted by Gasteiger charge is 2.37. The van der Waals surface area contributed by atoms with Gasteiger partial charge in [0.15, 0.2) is 0 Å². The van der Waals surface area contributed by atoms with Gasteiger partial charge in [0.05, 0.1) is 19.1 Å². The summed E-state index contributed by atoms with van der Waals surface area (Å²) in [4.78, 5) is 31.7. The molecule has 2 saturated heterocycles. The van der Waals surface area contributed by atoms with E-state index >= 15 is 0 Å². The van der Waals surface area contributed by atoms with E-state index in [2.05, 4.69) is 15.1 Å². The first-order chi connectivity index (χ1) is 12.2. The Morgan fingerprint density at radius 3 is 2.56 bits per heavy atom. The smallest absolute Gasteiger partial charge is 0.237 e. The lowest BCUT2D eigenvalue weighted by Crippen LogP contribution is -2.59. The molecule has 142 valence electrons. The highest BCUT2D eigenvalue weighted by Crippen LogP contribution is 2.27. The molecule has 1 saturated carbocycles. The Kier molecular flexibility index (Phi) is 6.67. The van der Waals surface area contributed by atoms with Crippen LogP contribution in [0.5, 0.6) is 0 Å². The number of ether oxygens (including phenoxy) is 1. The van der Waals surface area contributed by atoms with Crippen molar-refractivity contribution in [2.45, 2.75) is 44.2 Å². The van der Waals surface area contributed by atoms with Crippen molar-refractivity contribution in [1.29, 1.82) is 0 Å². The monoisotopic (exact) mass is 352 g/mol. The van der Waals surface area contributed by atoms with E-state index in [1.807, 2.05) is 4.90 Å². The molecule has 1 unspecified atom stereocenters. The predicted octanol–water partition coefficient (Wildman–Crippen LogP) is -0.0899. The van der Waals surface area contributed by atoms with Gasteiger partial charge < -0.3 is 15.0 Å². The van der Waals surface area contributed by atoms with Crippen molar-refractivity contribution >= 4 is 11.8 Å². The SMILES string of the molecule is COCCN1CCN(C(=O)CC2C(=O)NCCN2C2CCCC2)CC1. The van der Waals surface area contributed by atoms with E-state index in [0.717, 1.165) is 58.7 Å². The highest BCUT2D eigenvalue weighted by molar-refractivity contribution is 5.89. The fourth-order valence-corrected chi connectivity index (χ4v) is 4.35. The molecule has 7 nitrogen and oxygen atoms in total. The largest absolute Gasteiger partial charge is 0.383 e. The second kappa shape index (κ2) is 8.96. The van der Waals surface area contributed by atoms with Crippen LogP contribution in [0.4, 0.5) is 0 Å². The molecule has 7 heteroatoms. The summed E-state index contributed by atoms with van der Waals surface area (Å²) in [6.45, 7) is 6.50. The molecule has 0 spiro atoms. The van der Waals surface area contributed by atoms with Gasteiger partial charge >= 0.3 is 0 Å². The van der Waals surface area contributed by atoms with E-state index in [-0.39, 0.29) is 17.9 Å². The number of nitrogens with one attached hydrogen (secondary N) is 1. The molecule has 0 aromatic heterocycles. The van der Waals surface area contributed by atoms with Gasteiger partial charge in [-0.2, -0.15) is 0 Å². The average Bonchev–Trinajstić information content (AvgIpc) is 3.16. The molecule has 1 N–H and O–H groups in total. The van der Waals surface area contributed by atoms with Crippen LogP contribution in [0.1, 0.15) is 32.1 Å². The summed E-state index contributed by atoms with van der Waals surface area (Å²) in [7, 11) is 1.71. The van der Waals surface area contributed by atoms with Crippen molar-refractivity contribution in [3.63, 3.8) is 0 Å². The van der Waals surface area contributed by atoms with Gasteiger partial charge in [0, 0.05) is 59.0 Å². The number of rotatable bonds is 6. The summed E-state index contributed by atoms with van der Waals surface area (Å²) in [5.74, 6) is 0.154. The Morgan fingerprint density at radius 2 is 1.88 bits per heavy atom. The van der Waals surface area contributed by atoms with Crippen LogP contribution in [0, 0.1) is 0 Å². The summed E-state index contributed by atoms with van der Waals surface area (Å²) in [5, 5.41) is 2.95. The van der Waals surface area contributed by atoms with E-state index in [1.54, 1.807) is 7.11 Å². The fourth-order valence-electron chi connectivity index (χ4n) is 4.35. The van der Waals surface area contributed by atoms with Gasteiger partial charge in [-0.3, -0.25) is 19.4 Å². The molecule has 0 aromatic rings. The minimum atomic E-state index is -0.282. The molecule has 3 aliphatic rings. The number of hydrogen-bond donors (Lipinski definition) is 1. The van der Waals surface area contributed by atoms with Gasteiger partial charge in [-0.25, -0.2) is 0 Å². The lowest BCUT2D eigenvalue weighted by atomic mass is 10.0. The van der Waals surface area contributed by atoms with Crippen LogP contribution in [-0.2, 0) is 14.3 Å². The minimum Gasteiger partial charge on any atom is -0.383 e. The standard InChI is InChI=1S/C18H32N4O3/c1-25-13-12-20-8-10-21(11-9-20)17(23)14-16-18(24)19-6-7-22(16)15-4-2-3-5-15/h15-16H,2-14H2,1H3,(H,19,24). The second-order valence-electron chi connectivity index (χ2n) is 7.40. The molecular weight excluding hydrogens is 320 g/mol.